The molecular formula is C19H32N4O2. The van der Waals surface area contributed by atoms with Gasteiger partial charge in [0.25, 0.3) is 0 Å². The molecule has 2 rings (SSSR count). The smallest absolute Gasteiger partial charge is 0.315 e. The van der Waals surface area contributed by atoms with Crippen molar-refractivity contribution in [1.82, 2.24) is 15.5 Å². The lowest BCUT2D eigenvalue weighted by Gasteiger charge is -2.36. The summed E-state index contributed by atoms with van der Waals surface area (Å²) in [5.41, 5.74) is 2.61. The molecule has 25 heavy (non-hydrogen) atoms. The largest absolute Gasteiger partial charge is 0.392 e. The average molecular weight is 348 g/mol. The van der Waals surface area contributed by atoms with Crippen molar-refractivity contribution in [1.29, 1.82) is 0 Å². The van der Waals surface area contributed by atoms with Gasteiger partial charge >= 0.3 is 6.03 Å². The molecular weight excluding hydrogens is 316 g/mol. The summed E-state index contributed by atoms with van der Waals surface area (Å²) in [4.78, 5) is 16.6. The van der Waals surface area contributed by atoms with E-state index in [1.165, 1.54) is 11.3 Å². The molecule has 0 radical (unpaired) electrons. The number of aliphatic hydroxyl groups excluding tert-OH is 1. The first kappa shape index (κ1) is 19.5. The van der Waals surface area contributed by atoms with Crippen LogP contribution < -0.4 is 15.5 Å². The average Bonchev–Trinajstić information content (AvgIpc) is 2.58. The van der Waals surface area contributed by atoms with Gasteiger partial charge in [0.1, 0.15) is 0 Å². The van der Waals surface area contributed by atoms with E-state index in [1.807, 2.05) is 6.92 Å². The van der Waals surface area contributed by atoms with Gasteiger partial charge in [-0.15, -0.1) is 0 Å². The fraction of sp³-hybridized carbons (Fsp3) is 0.632. The first-order valence-electron chi connectivity index (χ1n) is 9.20. The van der Waals surface area contributed by atoms with Gasteiger partial charge in [0.05, 0.1) is 6.10 Å². The molecule has 140 valence electrons. The number of amides is 2. The fourth-order valence-corrected chi connectivity index (χ4v) is 3.02. The lowest BCUT2D eigenvalue weighted by atomic mass is 10.1. The summed E-state index contributed by atoms with van der Waals surface area (Å²) in [7, 11) is 0. The first-order chi connectivity index (χ1) is 11.9. The predicted molar refractivity (Wildman–Crippen MR) is 102 cm³/mol. The summed E-state index contributed by atoms with van der Waals surface area (Å²) in [5.74, 6) is 0. The summed E-state index contributed by atoms with van der Waals surface area (Å²) in [6.07, 6.45) is 0.401. The lowest BCUT2D eigenvalue weighted by molar-refractivity contribution is 0.186. The molecule has 1 aromatic rings. The molecule has 1 fully saturated rings. The van der Waals surface area contributed by atoms with Gasteiger partial charge in [0.15, 0.2) is 0 Å². The second kappa shape index (κ2) is 9.63. The molecule has 0 saturated carbocycles. The van der Waals surface area contributed by atoms with E-state index in [9.17, 15) is 9.90 Å². The number of aryl methyl sites for hydroxylation is 1. The van der Waals surface area contributed by atoms with E-state index in [2.05, 4.69) is 51.6 Å². The third kappa shape index (κ3) is 6.92. The number of anilines is 1. The minimum Gasteiger partial charge on any atom is -0.392 e. The van der Waals surface area contributed by atoms with Gasteiger partial charge in [0.2, 0.25) is 0 Å². The highest BCUT2D eigenvalue weighted by molar-refractivity contribution is 5.74. The minimum atomic E-state index is -0.522. The summed E-state index contributed by atoms with van der Waals surface area (Å²) >= 11 is 0. The standard InChI is InChI=1S/C19H32N4O2/c1-15-5-4-6-18(13-15)23-11-9-22(10-12-23)8-7-16(2)21-19(25)20-14-17(3)24/h4-6,13,16-17,24H,7-12,14H2,1-3H3,(H2,20,21,25)/t16-,17-/m1/s1. The number of piperazine rings is 1. The highest BCUT2D eigenvalue weighted by Gasteiger charge is 2.18. The summed E-state index contributed by atoms with van der Waals surface area (Å²) in [6, 6.07) is 8.58. The van der Waals surface area contributed by atoms with E-state index in [-0.39, 0.29) is 18.6 Å². The Bertz CT molecular complexity index is 542. The van der Waals surface area contributed by atoms with Gasteiger partial charge in [-0.1, -0.05) is 12.1 Å². The summed E-state index contributed by atoms with van der Waals surface area (Å²) in [6.45, 7) is 11.2. The minimum absolute atomic E-state index is 0.115. The van der Waals surface area contributed by atoms with Crippen LogP contribution in [0.5, 0.6) is 0 Å². The Morgan fingerprint density at radius 3 is 2.60 bits per heavy atom. The quantitative estimate of drug-likeness (QED) is 0.700. The molecule has 0 aliphatic carbocycles. The molecule has 1 aliphatic heterocycles. The van der Waals surface area contributed by atoms with E-state index >= 15 is 0 Å². The Morgan fingerprint density at radius 1 is 1.24 bits per heavy atom. The summed E-state index contributed by atoms with van der Waals surface area (Å²) in [5, 5.41) is 14.8. The van der Waals surface area contributed by atoms with Crippen molar-refractivity contribution in [3.8, 4) is 0 Å². The van der Waals surface area contributed by atoms with Crippen LogP contribution >= 0.6 is 0 Å². The Morgan fingerprint density at radius 2 is 1.96 bits per heavy atom. The molecule has 0 aromatic heterocycles. The van der Waals surface area contributed by atoms with Crippen molar-refractivity contribution in [2.75, 3.05) is 44.2 Å². The van der Waals surface area contributed by atoms with Crippen LogP contribution in [0.4, 0.5) is 10.5 Å². The van der Waals surface area contributed by atoms with Gasteiger partial charge in [-0.3, -0.25) is 4.90 Å². The molecule has 2 atom stereocenters. The summed E-state index contributed by atoms with van der Waals surface area (Å²) < 4.78 is 0. The number of rotatable bonds is 7. The van der Waals surface area contributed by atoms with Crippen LogP contribution in [0, 0.1) is 6.92 Å². The monoisotopic (exact) mass is 348 g/mol. The second-order valence-corrected chi connectivity index (χ2v) is 7.06. The molecule has 0 spiro atoms. The Labute approximate surface area is 151 Å². The molecule has 0 bridgehead atoms. The van der Waals surface area contributed by atoms with Gasteiger partial charge in [-0.2, -0.15) is 0 Å². The number of carbonyl (C=O) groups is 1. The number of hydrogen-bond acceptors (Lipinski definition) is 4. The maximum atomic E-state index is 11.7. The molecule has 1 aromatic carbocycles. The highest BCUT2D eigenvalue weighted by Crippen LogP contribution is 2.17. The fourth-order valence-electron chi connectivity index (χ4n) is 3.02. The van der Waals surface area contributed by atoms with E-state index in [4.69, 9.17) is 0 Å². The van der Waals surface area contributed by atoms with Crippen LogP contribution in [0.3, 0.4) is 0 Å². The maximum absolute atomic E-state index is 11.7. The molecule has 0 unspecified atom stereocenters. The van der Waals surface area contributed by atoms with Crippen LogP contribution in [0.25, 0.3) is 0 Å². The molecule has 1 saturated heterocycles. The van der Waals surface area contributed by atoms with Crippen molar-refractivity contribution < 1.29 is 9.90 Å². The zero-order valence-corrected chi connectivity index (χ0v) is 15.7. The van der Waals surface area contributed by atoms with Crippen LogP contribution in [0.1, 0.15) is 25.8 Å². The van der Waals surface area contributed by atoms with Gasteiger partial charge < -0.3 is 20.6 Å². The number of nitrogens with zero attached hydrogens (tertiary/aromatic N) is 2. The lowest BCUT2D eigenvalue weighted by Crippen LogP contribution is -2.48. The Hall–Kier alpha value is -1.79. The maximum Gasteiger partial charge on any atom is 0.315 e. The molecule has 6 nitrogen and oxygen atoms in total. The normalized spacial score (nSPS) is 17.8. The van der Waals surface area contributed by atoms with E-state index < -0.39 is 6.10 Å². The zero-order valence-electron chi connectivity index (χ0n) is 15.7. The van der Waals surface area contributed by atoms with Crippen molar-refractivity contribution in [3.63, 3.8) is 0 Å². The van der Waals surface area contributed by atoms with Crippen LogP contribution in [-0.4, -0.2) is 67.5 Å². The van der Waals surface area contributed by atoms with Crippen LogP contribution in [0.15, 0.2) is 24.3 Å². The number of aliphatic hydroxyl groups is 1. The van der Waals surface area contributed by atoms with Crippen molar-refractivity contribution in [2.24, 2.45) is 0 Å². The Kier molecular flexibility index (Phi) is 7.52. The molecule has 1 aliphatic rings. The first-order valence-corrected chi connectivity index (χ1v) is 9.20. The second-order valence-electron chi connectivity index (χ2n) is 7.06. The SMILES string of the molecule is Cc1cccc(N2CCN(CC[C@@H](C)NC(=O)NC[C@@H](C)O)CC2)c1. The third-order valence-corrected chi connectivity index (χ3v) is 4.55. The van der Waals surface area contributed by atoms with Gasteiger partial charge in [-0.25, -0.2) is 4.79 Å². The van der Waals surface area contributed by atoms with Crippen LogP contribution in [-0.2, 0) is 0 Å². The predicted octanol–water partition coefficient (Wildman–Crippen LogP) is 1.58. The number of carbonyl (C=O) groups excluding carboxylic acids is 1. The van der Waals surface area contributed by atoms with Crippen LogP contribution in [0.2, 0.25) is 0 Å². The number of urea groups is 1. The number of benzene rings is 1. The molecule has 1 heterocycles. The van der Waals surface area contributed by atoms with Crippen molar-refractivity contribution in [2.45, 2.75) is 39.3 Å². The Balaban J connectivity index is 1.65. The third-order valence-electron chi connectivity index (χ3n) is 4.55. The molecule has 2 amide bonds. The van der Waals surface area contributed by atoms with E-state index in [0.29, 0.717) is 0 Å². The van der Waals surface area contributed by atoms with Crippen molar-refractivity contribution >= 4 is 11.7 Å². The van der Waals surface area contributed by atoms with Gasteiger partial charge in [-0.05, 0) is 44.9 Å². The molecule has 6 heteroatoms. The topological polar surface area (TPSA) is 67.8 Å². The van der Waals surface area contributed by atoms with E-state index in [1.54, 1.807) is 6.92 Å². The number of hydrogen-bond donors (Lipinski definition) is 3. The zero-order chi connectivity index (χ0) is 18.2. The van der Waals surface area contributed by atoms with Crippen molar-refractivity contribution in [3.05, 3.63) is 29.8 Å². The molecule has 3 N–H and O–H groups in total. The van der Waals surface area contributed by atoms with Gasteiger partial charge in [0, 0.05) is 51.0 Å². The number of nitrogens with one attached hydrogen (secondary N) is 2. The van der Waals surface area contributed by atoms with E-state index in [0.717, 1.165) is 39.1 Å². The highest BCUT2D eigenvalue weighted by atomic mass is 16.3.